The minimum Gasteiger partial charge on any atom is -0.477 e. The van der Waals surface area contributed by atoms with Crippen molar-refractivity contribution in [1.82, 2.24) is 9.97 Å². The Morgan fingerprint density at radius 1 is 1.42 bits per heavy atom. The molecule has 0 unspecified atom stereocenters. The minimum absolute atomic E-state index is 0.107. The predicted molar refractivity (Wildman–Crippen MR) is 74.6 cm³/mol. The second kappa shape index (κ2) is 5.74. The van der Waals surface area contributed by atoms with Gasteiger partial charge in [-0.25, -0.2) is 0 Å². The molecule has 1 aromatic heterocycles. The fourth-order valence-corrected chi connectivity index (χ4v) is 2.68. The lowest BCUT2D eigenvalue weighted by atomic mass is 9.81. The Labute approximate surface area is 115 Å². The van der Waals surface area contributed by atoms with Crippen LogP contribution in [0.1, 0.15) is 27.2 Å². The molecule has 19 heavy (non-hydrogen) atoms. The van der Waals surface area contributed by atoms with Crippen molar-refractivity contribution in [3.05, 3.63) is 12.4 Å². The number of ether oxygens (including phenoxy) is 2. The number of hydrogen-bond acceptors (Lipinski definition) is 5. The molecule has 5 heteroatoms. The third-order valence-electron chi connectivity index (χ3n) is 3.63. The first-order valence-corrected chi connectivity index (χ1v) is 6.79. The van der Waals surface area contributed by atoms with Gasteiger partial charge in [0.25, 0.3) is 0 Å². The maximum atomic E-state index is 5.57. The van der Waals surface area contributed by atoms with Crippen LogP contribution in [-0.4, -0.2) is 42.9 Å². The number of methoxy groups -OCH3 is 1. The summed E-state index contributed by atoms with van der Waals surface area (Å²) in [4.78, 5) is 11.0. The van der Waals surface area contributed by atoms with Crippen molar-refractivity contribution in [3.8, 4) is 5.88 Å². The second-order valence-corrected chi connectivity index (χ2v) is 5.57. The molecule has 0 bridgehead atoms. The molecule has 1 atom stereocenters. The van der Waals surface area contributed by atoms with Crippen molar-refractivity contribution in [2.45, 2.75) is 33.3 Å². The van der Waals surface area contributed by atoms with E-state index in [9.17, 15) is 0 Å². The first-order valence-electron chi connectivity index (χ1n) is 6.79. The topological polar surface area (TPSA) is 47.5 Å². The molecule has 1 fully saturated rings. The van der Waals surface area contributed by atoms with E-state index in [4.69, 9.17) is 9.47 Å². The van der Waals surface area contributed by atoms with E-state index < -0.39 is 0 Å². The first-order chi connectivity index (χ1) is 9.06. The molecule has 106 valence electrons. The molecular formula is C14H23N3O2. The standard InChI is InChI=1S/C14H23N3O2/c1-5-19-13-9-15-8-12(16-13)17-7-6-11(18-4)14(2,3)10-17/h8-9,11H,5-7,10H2,1-4H3/t11-/m0/s1. The number of nitrogens with zero attached hydrogens (tertiary/aromatic N) is 3. The number of anilines is 1. The van der Waals surface area contributed by atoms with Gasteiger partial charge in [0.15, 0.2) is 5.82 Å². The molecular weight excluding hydrogens is 242 g/mol. The Morgan fingerprint density at radius 3 is 2.84 bits per heavy atom. The van der Waals surface area contributed by atoms with Crippen LogP contribution in [0.4, 0.5) is 5.82 Å². The molecule has 1 aliphatic rings. The highest BCUT2D eigenvalue weighted by atomic mass is 16.5. The molecule has 2 rings (SSSR count). The van der Waals surface area contributed by atoms with Gasteiger partial charge in [-0.05, 0) is 13.3 Å². The number of rotatable bonds is 4. The van der Waals surface area contributed by atoms with Crippen LogP contribution in [0.3, 0.4) is 0 Å². The Bertz CT molecular complexity index is 423. The van der Waals surface area contributed by atoms with Crippen molar-refractivity contribution >= 4 is 5.82 Å². The fourth-order valence-electron chi connectivity index (χ4n) is 2.68. The Morgan fingerprint density at radius 2 is 2.21 bits per heavy atom. The smallest absolute Gasteiger partial charge is 0.234 e. The largest absolute Gasteiger partial charge is 0.477 e. The molecule has 0 N–H and O–H groups in total. The van der Waals surface area contributed by atoms with E-state index in [-0.39, 0.29) is 5.41 Å². The Balaban J connectivity index is 2.12. The monoisotopic (exact) mass is 265 g/mol. The minimum atomic E-state index is 0.107. The number of piperidine rings is 1. The van der Waals surface area contributed by atoms with Crippen LogP contribution in [0.25, 0.3) is 0 Å². The van der Waals surface area contributed by atoms with E-state index >= 15 is 0 Å². The SMILES string of the molecule is CCOc1cncc(N2CC[C@H](OC)C(C)(C)C2)n1. The molecule has 0 spiro atoms. The van der Waals surface area contributed by atoms with Gasteiger partial charge < -0.3 is 14.4 Å². The average Bonchev–Trinajstić information content (AvgIpc) is 2.38. The molecule has 1 saturated heterocycles. The summed E-state index contributed by atoms with van der Waals surface area (Å²) in [5.74, 6) is 1.47. The van der Waals surface area contributed by atoms with Crippen molar-refractivity contribution in [1.29, 1.82) is 0 Å². The highest BCUT2D eigenvalue weighted by molar-refractivity contribution is 5.38. The third-order valence-corrected chi connectivity index (χ3v) is 3.63. The summed E-state index contributed by atoms with van der Waals surface area (Å²) in [5.41, 5.74) is 0.107. The van der Waals surface area contributed by atoms with Crippen LogP contribution >= 0.6 is 0 Å². The van der Waals surface area contributed by atoms with Crippen molar-refractivity contribution in [3.63, 3.8) is 0 Å². The van der Waals surface area contributed by atoms with Crippen LogP contribution in [-0.2, 0) is 4.74 Å². The van der Waals surface area contributed by atoms with Crippen LogP contribution < -0.4 is 9.64 Å². The lowest BCUT2D eigenvalue weighted by Crippen LogP contribution is -2.49. The summed E-state index contributed by atoms with van der Waals surface area (Å²) in [5, 5.41) is 0. The van der Waals surface area contributed by atoms with Crippen LogP contribution in [0.15, 0.2) is 12.4 Å². The third kappa shape index (κ3) is 3.15. The van der Waals surface area contributed by atoms with Gasteiger partial charge in [-0.3, -0.25) is 4.98 Å². The Kier molecular flexibility index (Phi) is 4.24. The van der Waals surface area contributed by atoms with Gasteiger partial charge in [-0.1, -0.05) is 13.8 Å². The predicted octanol–water partition coefficient (Wildman–Crippen LogP) is 2.13. The molecule has 0 aliphatic carbocycles. The molecule has 0 amide bonds. The maximum Gasteiger partial charge on any atom is 0.234 e. The van der Waals surface area contributed by atoms with Crippen LogP contribution in [0.5, 0.6) is 5.88 Å². The van der Waals surface area contributed by atoms with Gasteiger partial charge in [-0.15, -0.1) is 0 Å². The zero-order valence-corrected chi connectivity index (χ0v) is 12.2. The summed E-state index contributed by atoms with van der Waals surface area (Å²) in [6.45, 7) is 8.86. The van der Waals surface area contributed by atoms with Crippen molar-refractivity contribution < 1.29 is 9.47 Å². The maximum absolute atomic E-state index is 5.57. The van der Waals surface area contributed by atoms with Crippen molar-refractivity contribution in [2.24, 2.45) is 5.41 Å². The quantitative estimate of drug-likeness (QED) is 0.834. The second-order valence-electron chi connectivity index (χ2n) is 5.57. The normalized spacial score (nSPS) is 22.3. The highest BCUT2D eigenvalue weighted by Gasteiger charge is 2.36. The molecule has 0 aromatic carbocycles. The van der Waals surface area contributed by atoms with E-state index in [1.54, 1.807) is 19.5 Å². The van der Waals surface area contributed by atoms with Gasteiger partial charge in [0, 0.05) is 25.6 Å². The molecule has 0 saturated carbocycles. The van der Waals surface area contributed by atoms with Gasteiger partial charge in [0.2, 0.25) is 5.88 Å². The van der Waals surface area contributed by atoms with Gasteiger partial charge in [0.05, 0.1) is 25.1 Å². The van der Waals surface area contributed by atoms with E-state index in [1.165, 1.54) is 0 Å². The molecule has 2 heterocycles. The average molecular weight is 265 g/mol. The summed E-state index contributed by atoms with van der Waals surface area (Å²) in [7, 11) is 1.79. The van der Waals surface area contributed by atoms with E-state index in [2.05, 4.69) is 28.7 Å². The summed E-state index contributed by atoms with van der Waals surface area (Å²) < 4.78 is 11.0. The molecule has 1 aliphatic heterocycles. The molecule has 1 aromatic rings. The molecule has 0 radical (unpaired) electrons. The summed E-state index contributed by atoms with van der Waals surface area (Å²) in [6.07, 6.45) is 4.75. The van der Waals surface area contributed by atoms with Gasteiger partial charge in [-0.2, -0.15) is 4.98 Å². The highest BCUT2D eigenvalue weighted by Crippen LogP contribution is 2.33. The lowest BCUT2D eigenvalue weighted by Gasteiger charge is -2.43. The van der Waals surface area contributed by atoms with E-state index in [1.807, 2.05) is 6.92 Å². The zero-order valence-electron chi connectivity index (χ0n) is 12.2. The van der Waals surface area contributed by atoms with Crippen LogP contribution in [0, 0.1) is 5.41 Å². The van der Waals surface area contributed by atoms with Gasteiger partial charge >= 0.3 is 0 Å². The van der Waals surface area contributed by atoms with Gasteiger partial charge in [0.1, 0.15) is 0 Å². The van der Waals surface area contributed by atoms with Crippen LogP contribution in [0.2, 0.25) is 0 Å². The van der Waals surface area contributed by atoms with E-state index in [0.29, 0.717) is 18.6 Å². The number of hydrogen-bond donors (Lipinski definition) is 0. The fraction of sp³-hybridized carbons (Fsp3) is 0.714. The molecule has 5 nitrogen and oxygen atoms in total. The zero-order chi connectivity index (χ0) is 13.9. The summed E-state index contributed by atoms with van der Waals surface area (Å²) >= 11 is 0. The van der Waals surface area contributed by atoms with E-state index in [0.717, 1.165) is 25.3 Å². The number of aromatic nitrogens is 2. The first kappa shape index (κ1) is 14.1. The Hall–Kier alpha value is -1.36. The summed E-state index contributed by atoms with van der Waals surface area (Å²) in [6, 6.07) is 0. The van der Waals surface area contributed by atoms with Crippen molar-refractivity contribution in [2.75, 3.05) is 31.7 Å². The lowest BCUT2D eigenvalue weighted by molar-refractivity contribution is -0.00646.